The molecule has 4 nitrogen and oxygen atoms in total. The van der Waals surface area contributed by atoms with E-state index >= 15 is 0 Å². The molecule has 1 saturated heterocycles. The van der Waals surface area contributed by atoms with Gasteiger partial charge in [0.1, 0.15) is 0 Å². The van der Waals surface area contributed by atoms with E-state index in [4.69, 9.17) is 0 Å². The minimum absolute atomic E-state index is 0.277. The van der Waals surface area contributed by atoms with Crippen LogP contribution >= 0.6 is 23.1 Å². The molecule has 0 saturated carbocycles. The molecule has 0 spiro atoms. The van der Waals surface area contributed by atoms with E-state index in [1.54, 1.807) is 11.3 Å². The van der Waals surface area contributed by atoms with Gasteiger partial charge in [-0.3, -0.25) is 0 Å². The van der Waals surface area contributed by atoms with Crippen molar-refractivity contribution in [3.63, 3.8) is 0 Å². The van der Waals surface area contributed by atoms with Crippen LogP contribution in [0.5, 0.6) is 0 Å². The van der Waals surface area contributed by atoms with E-state index in [-0.39, 0.29) is 6.03 Å². The molecule has 1 aromatic carbocycles. The van der Waals surface area contributed by atoms with Crippen LogP contribution in [0, 0.1) is 0 Å². The predicted octanol–water partition coefficient (Wildman–Crippen LogP) is 3.79. The standard InChI is InChI=1S/C17H20N2O2S2/c20-16(18-12-17(21)7-10-22-11-8-17)19-14-5-2-1-4-13(14)15-6-3-9-23-15/h1-6,9,21H,7-8,10-12H2,(H2,18,19,20). The number of carbonyl (C=O) groups excluding carboxylic acids is 1. The van der Waals surface area contributed by atoms with E-state index in [2.05, 4.69) is 10.6 Å². The van der Waals surface area contributed by atoms with E-state index in [0.29, 0.717) is 6.54 Å². The average Bonchev–Trinajstić information content (AvgIpc) is 3.09. The van der Waals surface area contributed by atoms with Gasteiger partial charge < -0.3 is 15.7 Å². The van der Waals surface area contributed by atoms with Crippen molar-refractivity contribution in [1.82, 2.24) is 5.32 Å². The number of aliphatic hydroxyl groups is 1. The summed E-state index contributed by atoms with van der Waals surface area (Å²) in [6, 6.07) is 11.5. The SMILES string of the molecule is O=C(NCC1(O)CCSCC1)Nc1ccccc1-c1cccs1. The van der Waals surface area contributed by atoms with Gasteiger partial charge in [0, 0.05) is 17.0 Å². The number of rotatable bonds is 4. The van der Waals surface area contributed by atoms with Crippen LogP contribution in [0.3, 0.4) is 0 Å². The zero-order chi connectivity index (χ0) is 16.1. The number of nitrogens with one attached hydrogen (secondary N) is 2. The summed E-state index contributed by atoms with van der Waals surface area (Å²) in [6.45, 7) is 0.292. The molecule has 3 N–H and O–H groups in total. The summed E-state index contributed by atoms with van der Waals surface area (Å²) < 4.78 is 0. The topological polar surface area (TPSA) is 61.4 Å². The molecule has 2 amide bonds. The molecule has 0 unspecified atom stereocenters. The van der Waals surface area contributed by atoms with Gasteiger partial charge in [-0.2, -0.15) is 11.8 Å². The Bertz CT molecular complexity index is 652. The Hall–Kier alpha value is -1.50. The van der Waals surface area contributed by atoms with Crippen molar-refractivity contribution in [3.05, 3.63) is 41.8 Å². The molecule has 2 aromatic rings. The van der Waals surface area contributed by atoms with E-state index in [0.717, 1.165) is 40.5 Å². The Balaban J connectivity index is 1.62. The lowest BCUT2D eigenvalue weighted by Gasteiger charge is -2.31. The second kappa shape index (κ2) is 7.38. The highest BCUT2D eigenvalue weighted by Gasteiger charge is 2.29. The second-order valence-corrected chi connectivity index (χ2v) is 7.84. The highest BCUT2D eigenvalue weighted by molar-refractivity contribution is 7.99. The Labute approximate surface area is 144 Å². The molecule has 3 rings (SSSR count). The van der Waals surface area contributed by atoms with Crippen LogP contribution in [0.1, 0.15) is 12.8 Å². The van der Waals surface area contributed by atoms with Gasteiger partial charge in [-0.05, 0) is 41.9 Å². The molecule has 6 heteroatoms. The molecule has 0 radical (unpaired) electrons. The van der Waals surface area contributed by atoms with Gasteiger partial charge in [0.05, 0.1) is 11.3 Å². The van der Waals surface area contributed by atoms with Gasteiger partial charge in [-0.25, -0.2) is 4.79 Å². The zero-order valence-corrected chi connectivity index (χ0v) is 14.4. The van der Waals surface area contributed by atoms with Gasteiger partial charge in [0.25, 0.3) is 0 Å². The molecule has 1 aliphatic heterocycles. The Kier molecular flexibility index (Phi) is 5.25. The van der Waals surface area contributed by atoms with Gasteiger partial charge in [0.15, 0.2) is 0 Å². The maximum absolute atomic E-state index is 12.2. The lowest BCUT2D eigenvalue weighted by atomic mass is 9.97. The number of thioether (sulfide) groups is 1. The third kappa shape index (κ3) is 4.28. The molecular weight excluding hydrogens is 328 g/mol. The maximum atomic E-state index is 12.2. The number of hydrogen-bond donors (Lipinski definition) is 3. The Morgan fingerprint density at radius 3 is 2.70 bits per heavy atom. The van der Waals surface area contributed by atoms with Gasteiger partial charge in [-0.15, -0.1) is 11.3 Å². The second-order valence-electron chi connectivity index (χ2n) is 5.67. The first-order valence-corrected chi connectivity index (χ1v) is 9.68. The first-order chi connectivity index (χ1) is 11.2. The van der Waals surface area contributed by atoms with Crippen LogP contribution in [-0.2, 0) is 0 Å². The molecule has 1 fully saturated rings. The predicted molar refractivity (Wildman–Crippen MR) is 98.3 cm³/mol. The molecular formula is C17H20N2O2S2. The number of amides is 2. The summed E-state index contributed by atoms with van der Waals surface area (Å²) in [4.78, 5) is 13.3. The fourth-order valence-electron chi connectivity index (χ4n) is 2.58. The van der Waals surface area contributed by atoms with E-state index in [1.807, 2.05) is 53.5 Å². The van der Waals surface area contributed by atoms with Crippen LogP contribution in [0.2, 0.25) is 0 Å². The number of anilines is 1. The van der Waals surface area contributed by atoms with Crippen LogP contribution in [-0.4, -0.2) is 34.8 Å². The number of benzene rings is 1. The van der Waals surface area contributed by atoms with Crippen molar-refractivity contribution in [2.45, 2.75) is 18.4 Å². The van der Waals surface area contributed by atoms with Crippen molar-refractivity contribution >= 4 is 34.8 Å². The molecule has 1 aliphatic rings. The smallest absolute Gasteiger partial charge is 0.319 e. The van der Waals surface area contributed by atoms with E-state index < -0.39 is 5.60 Å². The first-order valence-electron chi connectivity index (χ1n) is 7.64. The molecule has 0 atom stereocenters. The highest BCUT2D eigenvalue weighted by atomic mass is 32.2. The largest absolute Gasteiger partial charge is 0.388 e. The summed E-state index contributed by atoms with van der Waals surface area (Å²) in [5, 5.41) is 18.2. The molecule has 2 heterocycles. The van der Waals surface area contributed by atoms with E-state index in [1.165, 1.54) is 0 Å². The van der Waals surface area contributed by atoms with Crippen molar-refractivity contribution in [2.75, 3.05) is 23.4 Å². The Morgan fingerprint density at radius 2 is 1.96 bits per heavy atom. The summed E-state index contributed by atoms with van der Waals surface area (Å²) in [5.41, 5.74) is 1.01. The van der Waals surface area contributed by atoms with Crippen molar-refractivity contribution < 1.29 is 9.90 Å². The number of hydrogen-bond acceptors (Lipinski definition) is 4. The number of para-hydroxylation sites is 1. The van der Waals surface area contributed by atoms with Crippen LogP contribution in [0.15, 0.2) is 41.8 Å². The normalized spacial score (nSPS) is 16.7. The van der Waals surface area contributed by atoms with Crippen LogP contribution < -0.4 is 10.6 Å². The summed E-state index contributed by atoms with van der Waals surface area (Å²) in [7, 11) is 0. The molecule has 23 heavy (non-hydrogen) atoms. The number of carbonyl (C=O) groups is 1. The lowest BCUT2D eigenvalue weighted by Crippen LogP contribution is -2.46. The van der Waals surface area contributed by atoms with E-state index in [9.17, 15) is 9.90 Å². The number of urea groups is 1. The lowest BCUT2D eigenvalue weighted by molar-refractivity contribution is 0.0351. The zero-order valence-electron chi connectivity index (χ0n) is 12.7. The van der Waals surface area contributed by atoms with Gasteiger partial charge in [-0.1, -0.05) is 24.3 Å². The third-order valence-corrected chi connectivity index (χ3v) is 5.85. The van der Waals surface area contributed by atoms with Crippen molar-refractivity contribution in [3.8, 4) is 10.4 Å². The van der Waals surface area contributed by atoms with Gasteiger partial charge >= 0.3 is 6.03 Å². The van der Waals surface area contributed by atoms with Crippen LogP contribution in [0.4, 0.5) is 10.5 Å². The van der Waals surface area contributed by atoms with Crippen molar-refractivity contribution in [2.24, 2.45) is 0 Å². The average molecular weight is 348 g/mol. The molecule has 0 aliphatic carbocycles. The molecule has 0 bridgehead atoms. The third-order valence-electron chi connectivity index (χ3n) is 3.96. The monoisotopic (exact) mass is 348 g/mol. The van der Waals surface area contributed by atoms with Crippen molar-refractivity contribution in [1.29, 1.82) is 0 Å². The summed E-state index contributed by atoms with van der Waals surface area (Å²) in [5.74, 6) is 1.89. The quantitative estimate of drug-likeness (QED) is 0.788. The Morgan fingerprint density at radius 1 is 1.17 bits per heavy atom. The fraction of sp³-hybridized carbons (Fsp3) is 0.353. The summed E-state index contributed by atoms with van der Waals surface area (Å²) >= 11 is 3.49. The highest BCUT2D eigenvalue weighted by Crippen LogP contribution is 2.31. The van der Waals surface area contributed by atoms with Gasteiger partial charge in [0.2, 0.25) is 0 Å². The maximum Gasteiger partial charge on any atom is 0.319 e. The minimum atomic E-state index is -0.768. The van der Waals surface area contributed by atoms with Crippen LogP contribution in [0.25, 0.3) is 10.4 Å². The molecule has 122 valence electrons. The number of thiophene rings is 1. The summed E-state index contributed by atoms with van der Waals surface area (Å²) in [6.07, 6.45) is 1.45. The minimum Gasteiger partial charge on any atom is -0.388 e. The fourth-order valence-corrected chi connectivity index (χ4v) is 4.60. The molecule has 1 aromatic heterocycles. The first kappa shape index (κ1) is 16.4.